The molecule has 2 atom stereocenters. The zero-order chi connectivity index (χ0) is 23.8. The highest BCUT2D eigenvalue weighted by molar-refractivity contribution is 6.44. The van der Waals surface area contributed by atoms with Gasteiger partial charge in [-0.15, -0.1) is 0 Å². The van der Waals surface area contributed by atoms with Gasteiger partial charge in [-0.1, -0.05) is 42.0 Å². The van der Waals surface area contributed by atoms with Crippen LogP contribution in [0.1, 0.15) is 38.7 Å². The van der Waals surface area contributed by atoms with Crippen molar-refractivity contribution >= 4 is 28.4 Å². The number of hydrogen-bond acceptors (Lipinski definition) is 4. The second-order valence-electron chi connectivity index (χ2n) is 8.86. The molecule has 2 aromatic heterocycles. The normalized spacial score (nSPS) is 18.1. The van der Waals surface area contributed by atoms with E-state index in [4.69, 9.17) is 0 Å². The molecule has 170 valence electrons. The lowest BCUT2D eigenvalue weighted by atomic mass is 9.86. The first kappa shape index (κ1) is 21.8. The summed E-state index contributed by atoms with van der Waals surface area (Å²) in [7, 11) is 0. The van der Waals surface area contributed by atoms with Crippen LogP contribution < -0.4 is 0 Å². The van der Waals surface area contributed by atoms with E-state index in [1.807, 2.05) is 49.5 Å². The zero-order valence-corrected chi connectivity index (χ0v) is 19.1. The van der Waals surface area contributed by atoms with E-state index in [0.717, 1.165) is 33.2 Å². The van der Waals surface area contributed by atoms with Crippen LogP contribution in [0.15, 0.2) is 73.2 Å². The average Bonchev–Trinajstić information content (AvgIpc) is 3.38. The summed E-state index contributed by atoms with van der Waals surface area (Å²) in [4.78, 5) is 48.7. The minimum atomic E-state index is -1.09. The largest absolute Gasteiger partial charge is 0.361 e. The second kappa shape index (κ2) is 8.71. The molecule has 0 spiro atoms. The molecule has 34 heavy (non-hydrogen) atoms. The van der Waals surface area contributed by atoms with Crippen molar-refractivity contribution in [2.45, 2.75) is 26.3 Å². The van der Waals surface area contributed by atoms with Crippen LogP contribution in [-0.2, 0) is 16.0 Å². The van der Waals surface area contributed by atoms with Gasteiger partial charge in [-0.2, -0.15) is 0 Å². The number of amides is 1. The van der Waals surface area contributed by atoms with Gasteiger partial charge < -0.3 is 9.88 Å². The lowest BCUT2D eigenvalue weighted by Gasteiger charge is -2.27. The van der Waals surface area contributed by atoms with E-state index < -0.39 is 23.7 Å². The van der Waals surface area contributed by atoms with Crippen LogP contribution in [0, 0.1) is 19.8 Å². The van der Waals surface area contributed by atoms with E-state index in [1.54, 1.807) is 23.2 Å². The van der Waals surface area contributed by atoms with Gasteiger partial charge in [-0.05, 0) is 55.2 Å². The van der Waals surface area contributed by atoms with Crippen molar-refractivity contribution in [3.05, 3.63) is 101 Å². The van der Waals surface area contributed by atoms with Crippen LogP contribution in [0.3, 0.4) is 0 Å². The number of carbonyl (C=O) groups excluding carboxylic acids is 3. The molecule has 0 radical (unpaired) electrons. The molecule has 2 aromatic carbocycles. The molecule has 0 aliphatic carbocycles. The molecule has 0 bridgehead atoms. The number of benzene rings is 2. The number of Topliss-reactive ketones (excluding diaryl/α,β-unsaturated/α-hetero) is 2. The fourth-order valence-corrected chi connectivity index (χ4v) is 4.94. The van der Waals surface area contributed by atoms with Crippen molar-refractivity contribution in [2.24, 2.45) is 5.92 Å². The number of aryl methyl sites for hydroxylation is 2. The number of ketones is 2. The van der Waals surface area contributed by atoms with Crippen LogP contribution in [-0.4, -0.2) is 38.9 Å². The van der Waals surface area contributed by atoms with Crippen molar-refractivity contribution in [1.82, 2.24) is 14.9 Å². The minimum absolute atomic E-state index is 0.333. The van der Waals surface area contributed by atoms with E-state index in [-0.39, 0.29) is 5.78 Å². The molecule has 5 rings (SSSR count). The predicted octanol–water partition coefficient (Wildman–Crippen LogP) is 4.37. The van der Waals surface area contributed by atoms with E-state index in [1.165, 1.54) is 6.20 Å². The van der Waals surface area contributed by atoms with Crippen LogP contribution in [0.25, 0.3) is 10.9 Å². The first-order valence-electron chi connectivity index (χ1n) is 11.4. The van der Waals surface area contributed by atoms with Gasteiger partial charge in [0.25, 0.3) is 5.91 Å². The average molecular weight is 452 g/mol. The Kier molecular flexibility index (Phi) is 5.57. The zero-order valence-electron chi connectivity index (χ0n) is 19.1. The van der Waals surface area contributed by atoms with Crippen LogP contribution in [0.5, 0.6) is 0 Å². The molecule has 6 heteroatoms. The first-order valence-corrected chi connectivity index (χ1v) is 11.4. The predicted molar refractivity (Wildman–Crippen MR) is 129 cm³/mol. The third-order valence-corrected chi connectivity index (χ3v) is 6.67. The Hall–Kier alpha value is -4.06. The molecule has 2 unspecified atom stereocenters. The van der Waals surface area contributed by atoms with Crippen molar-refractivity contribution in [1.29, 1.82) is 0 Å². The fraction of sp³-hybridized carbons (Fsp3) is 0.214. The number of nitrogens with one attached hydrogen (secondary N) is 1. The number of aromatic nitrogens is 2. The molecule has 4 aromatic rings. The van der Waals surface area contributed by atoms with Gasteiger partial charge in [0.1, 0.15) is 5.92 Å². The SMILES string of the molecule is Cc1ccc(C2C(C(=O)c3cccnc3)C(=O)C(=O)N2CCc2c[nH]c3cccc(C)c23)cc1. The van der Waals surface area contributed by atoms with Gasteiger partial charge in [0.2, 0.25) is 5.78 Å². The number of nitrogens with zero attached hydrogens (tertiary/aromatic N) is 2. The molecule has 3 heterocycles. The van der Waals surface area contributed by atoms with Gasteiger partial charge in [0.15, 0.2) is 5.78 Å². The molecule has 1 amide bonds. The fourth-order valence-electron chi connectivity index (χ4n) is 4.94. The Morgan fingerprint density at radius 1 is 1.03 bits per heavy atom. The smallest absolute Gasteiger partial charge is 0.291 e. The number of likely N-dealkylation sites (tertiary alicyclic amines) is 1. The van der Waals surface area contributed by atoms with Crippen molar-refractivity contribution in [3.8, 4) is 0 Å². The molecule has 6 nitrogen and oxygen atoms in total. The second-order valence-corrected chi connectivity index (χ2v) is 8.86. The third-order valence-electron chi connectivity index (χ3n) is 6.67. The molecule has 0 saturated carbocycles. The maximum atomic E-state index is 13.4. The Morgan fingerprint density at radius 3 is 2.56 bits per heavy atom. The number of aromatic amines is 1. The monoisotopic (exact) mass is 451 g/mol. The molecule has 1 aliphatic rings. The highest BCUT2D eigenvalue weighted by atomic mass is 16.2. The summed E-state index contributed by atoms with van der Waals surface area (Å²) >= 11 is 0. The molecule has 1 N–H and O–H groups in total. The Bertz CT molecular complexity index is 1390. The van der Waals surface area contributed by atoms with E-state index in [2.05, 4.69) is 23.0 Å². The maximum Gasteiger partial charge on any atom is 0.291 e. The lowest BCUT2D eigenvalue weighted by Crippen LogP contribution is -2.32. The number of H-pyrrole nitrogens is 1. The van der Waals surface area contributed by atoms with Gasteiger partial charge in [0.05, 0.1) is 6.04 Å². The molecular weight excluding hydrogens is 426 g/mol. The molecule has 1 fully saturated rings. The third kappa shape index (κ3) is 3.71. The lowest BCUT2D eigenvalue weighted by molar-refractivity contribution is -0.140. The highest BCUT2D eigenvalue weighted by Gasteiger charge is 2.51. The van der Waals surface area contributed by atoms with Gasteiger partial charge >= 0.3 is 0 Å². The molecular formula is C28H25N3O3. The Balaban J connectivity index is 1.52. The van der Waals surface area contributed by atoms with E-state index in [0.29, 0.717) is 18.5 Å². The van der Waals surface area contributed by atoms with Crippen molar-refractivity contribution in [2.75, 3.05) is 6.54 Å². The van der Waals surface area contributed by atoms with E-state index in [9.17, 15) is 14.4 Å². The number of carbonyl (C=O) groups is 3. The van der Waals surface area contributed by atoms with Crippen LogP contribution >= 0.6 is 0 Å². The van der Waals surface area contributed by atoms with Crippen molar-refractivity contribution in [3.63, 3.8) is 0 Å². The number of hydrogen-bond donors (Lipinski definition) is 1. The van der Waals surface area contributed by atoms with Gasteiger partial charge in [-0.3, -0.25) is 19.4 Å². The Labute approximate surface area is 197 Å². The number of fused-ring (bicyclic) bond motifs is 1. The van der Waals surface area contributed by atoms with Crippen LogP contribution in [0.2, 0.25) is 0 Å². The summed E-state index contributed by atoms with van der Waals surface area (Å²) in [6, 6.07) is 16.4. The summed E-state index contributed by atoms with van der Waals surface area (Å²) in [5, 5.41) is 1.13. The summed E-state index contributed by atoms with van der Waals surface area (Å²) < 4.78 is 0. The standard InChI is InChI=1S/C28H25N3O3/c1-17-8-10-19(11-9-17)25-24(26(32)21-6-4-13-29-15-21)27(33)28(34)31(25)14-12-20-16-30-22-7-3-5-18(2)23(20)22/h3-11,13,15-16,24-25,30H,12,14H2,1-2H3. The van der Waals surface area contributed by atoms with Gasteiger partial charge in [0, 0.05) is 41.6 Å². The summed E-state index contributed by atoms with van der Waals surface area (Å²) in [6.07, 6.45) is 5.55. The van der Waals surface area contributed by atoms with Crippen LogP contribution in [0.4, 0.5) is 0 Å². The summed E-state index contributed by atoms with van der Waals surface area (Å²) in [5.74, 6) is -2.73. The quantitative estimate of drug-likeness (QED) is 0.268. The first-order chi connectivity index (χ1) is 16.5. The summed E-state index contributed by atoms with van der Waals surface area (Å²) in [6.45, 7) is 4.37. The molecule has 1 saturated heterocycles. The highest BCUT2D eigenvalue weighted by Crippen LogP contribution is 2.38. The van der Waals surface area contributed by atoms with Crippen molar-refractivity contribution < 1.29 is 14.4 Å². The Morgan fingerprint density at radius 2 is 1.82 bits per heavy atom. The number of rotatable bonds is 6. The number of pyridine rings is 1. The topological polar surface area (TPSA) is 83.1 Å². The minimum Gasteiger partial charge on any atom is -0.361 e. The van der Waals surface area contributed by atoms with Gasteiger partial charge in [-0.25, -0.2) is 0 Å². The molecule has 1 aliphatic heterocycles. The maximum absolute atomic E-state index is 13.4. The van der Waals surface area contributed by atoms with E-state index >= 15 is 0 Å². The summed E-state index contributed by atoms with van der Waals surface area (Å²) in [5.41, 5.74) is 5.45.